The lowest BCUT2D eigenvalue weighted by atomic mass is 10.0. The van der Waals surface area contributed by atoms with Crippen LogP contribution in [0.4, 0.5) is 4.39 Å². The lowest BCUT2D eigenvalue weighted by Gasteiger charge is -2.16. The second kappa shape index (κ2) is 5.05. The summed E-state index contributed by atoms with van der Waals surface area (Å²) in [6.45, 7) is 3.99. The number of hydrogen-bond donors (Lipinski definition) is 2. The van der Waals surface area contributed by atoms with Gasteiger partial charge >= 0.3 is 0 Å². The number of likely N-dealkylation sites (N-methyl/N-ethyl adjacent to an activating group) is 1. The van der Waals surface area contributed by atoms with Crippen LogP contribution in [0.1, 0.15) is 22.8 Å². The van der Waals surface area contributed by atoms with Gasteiger partial charge in [-0.1, -0.05) is 15.9 Å². The summed E-state index contributed by atoms with van der Waals surface area (Å²) in [5.74, 6) is -0.294. The van der Waals surface area contributed by atoms with Gasteiger partial charge in [0.2, 0.25) is 0 Å². The van der Waals surface area contributed by atoms with Gasteiger partial charge in [0.15, 0.2) is 0 Å². The van der Waals surface area contributed by atoms with Crippen LogP contribution >= 0.6 is 15.9 Å². The normalized spacial score (nSPS) is 12.9. The number of aliphatic hydroxyl groups is 1. The minimum absolute atomic E-state index is 0.294. The first-order valence-electron chi connectivity index (χ1n) is 4.76. The Morgan fingerprint density at radius 2 is 2.07 bits per heavy atom. The van der Waals surface area contributed by atoms with Crippen LogP contribution in [0, 0.1) is 19.7 Å². The zero-order valence-electron chi connectivity index (χ0n) is 9.06. The Bertz CT molecular complexity index is 368. The van der Waals surface area contributed by atoms with Gasteiger partial charge in [-0.3, -0.25) is 0 Å². The molecule has 0 saturated heterocycles. The van der Waals surface area contributed by atoms with E-state index in [1.54, 1.807) is 14.0 Å². The lowest BCUT2D eigenvalue weighted by molar-refractivity contribution is 0.176. The second-order valence-electron chi connectivity index (χ2n) is 3.59. The Balaban J connectivity index is 3.19. The van der Waals surface area contributed by atoms with Crippen molar-refractivity contribution in [1.29, 1.82) is 0 Å². The summed E-state index contributed by atoms with van der Waals surface area (Å²) in [7, 11) is 1.75. The van der Waals surface area contributed by atoms with Gasteiger partial charge in [0.05, 0.1) is 6.10 Å². The van der Waals surface area contributed by atoms with Crippen LogP contribution < -0.4 is 5.32 Å². The van der Waals surface area contributed by atoms with E-state index in [0.717, 1.165) is 10.0 Å². The van der Waals surface area contributed by atoms with Crippen molar-refractivity contribution in [2.24, 2.45) is 0 Å². The molecule has 1 rings (SSSR count). The fourth-order valence-corrected chi connectivity index (χ4v) is 1.93. The van der Waals surface area contributed by atoms with E-state index in [-0.39, 0.29) is 5.82 Å². The largest absolute Gasteiger partial charge is 0.387 e. The third kappa shape index (κ3) is 2.56. The average Bonchev–Trinajstić information content (AvgIpc) is 2.20. The molecule has 0 bridgehead atoms. The Morgan fingerprint density at radius 3 is 2.60 bits per heavy atom. The number of nitrogens with one attached hydrogen (secondary N) is 1. The van der Waals surface area contributed by atoms with Crippen molar-refractivity contribution in [3.05, 3.63) is 33.0 Å². The molecule has 1 aromatic carbocycles. The average molecular weight is 276 g/mol. The van der Waals surface area contributed by atoms with E-state index < -0.39 is 6.10 Å². The molecule has 0 aliphatic heterocycles. The van der Waals surface area contributed by atoms with Crippen molar-refractivity contribution in [1.82, 2.24) is 5.32 Å². The highest BCUT2D eigenvalue weighted by Crippen LogP contribution is 2.29. The van der Waals surface area contributed by atoms with Gasteiger partial charge in [0.25, 0.3) is 0 Å². The quantitative estimate of drug-likeness (QED) is 0.888. The maximum Gasteiger partial charge on any atom is 0.127 e. The number of hydrogen-bond acceptors (Lipinski definition) is 2. The fourth-order valence-electron chi connectivity index (χ4n) is 1.52. The molecule has 0 fully saturated rings. The van der Waals surface area contributed by atoms with E-state index in [9.17, 15) is 9.50 Å². The molecule has 2 N–H and O–H groups in total. The summed E-state index contributed by atoms with van der Waals surface area (Å²) in [6, 6.07) is 1.40. The van der Waals surface area contributed by atoms with Crippen LogP contribution in [0.25, 0.3) is 0 Å². The van der Waals surface area contributed by atoms with E-state index in [2.05, 4.69) is 21.2 Å². The van der Waals surface area contributed by atoms with Crippen LogP contribution in [0.2, 0.25) is 0 Å². The maximum absolute atomic E-state index is 13.5. The van der Waals surface area contributed by atoms with E-state index in [1.165, 1.54) is 6.07 Å². The first-order valence-corrected chi connectivity index (χ1v) is 5.56. The monoisotopic (exact) mass is 275 g/mol. The van der Waals surface area contributed by atoms with Gasteiger partial charge in [-0.15, -0.1) is 0 Å². The summed E-state index contributed by atoms with van der Waals surface area (Å²) in [5, 5.41) is 12.7. The zero-order valence-corrected chi connectivity index (χ0v) is 10.7. The summed E-state index contributed by atoms with van der Waals surface area (Å²) in [5.41, 5.74) is 2.09. The van der Waals surface area contributed by atoms with E-state index in [4.69, 9.17) is 0 Å². The first-order chi connectivity index (χ1) is 6.99. The van der Waals surface area contributed by atoms with Crippen molar-refractivity contribution >= 4 is 15.9 Å². The smallest absolute Gasteiger partial charge is 0.127 e. The molecule has 15 heavy (non-hydrogen) atoms. The van der Waals surface area contributed by atoms with E-state index in [0.29, 0.717) is 17.7 Å². The highest BCUT2D eigenvalue weighted by atomic mass is 79.9. The van der Waals surface area contributed by atoms with E-state index >= 15 is 0 Å². The molecule has 1 aromatic rings. The fraction of sp³-hybridized carbons (Fsp3) is 0.455. The van der Waals surface area contributed by atoms with E-state index in [1.807, 2.05) is 6.92 Å². The molecule has 0 spiro atoms. The number of halogens is 2. The molecule has 0 radical (unpaired) electrons. The number of rotatable bonds is 3. The molecule has 0 aliphatic carbocycles. The van der Waals surface area contributed by atoms with Gasteiger partial charge in [-0.25, -0.2) is 4.39 Å². The Labute approximate surface area is 97.6 Å². The first kappa shape index (κ1) is 12.6. The van der Waals surface area contributed by atoms with Crippen molar-refractivity contribution in [2.75, 3.05) is 13.6 Å². The van der Waals surface area contributed by atoms with Crippen LogP contribution in [0.15, 0.2) is 10.5 Å². The van der Waals surface area contributed by atoms with Gasteiger partial charge < -0.3 is 10.4 Å². The molecule has 2 nitrogen and oxygen atoms in total. The number of aliphatic hydroxyl groups excluding tert-OH is 1. The Morgan fingerprint density at radius 1 is 1.47 bits per heavy atom. The van der Waals surface area contributed by atoms with Crippen LogP contribution in [0.3, 0.4) is 0 Å². The van der Waals surface area contributed by atoms with Crippen molar-refractivity contribution in [3.8, 4) is 0 Å². The van der Waals surface area contributed by atoms with Crippen molar-refractivity contribution < 1.29 is 9.50 Å². The SMILES string of the molecule is CNCC(O)c1cc(F)c(C)c(Br)c1C. The molecule has 0 saturated carbocycles. The maximum atomic E-state index is 13.5. The zero-order chi connectivity index (χ0) is 11.6. The molecular formula is C11H15BrFNO. The number of benzene rings is 1. The Hall–Kier alpha value is -0.450. The Kier molecular flexibility index (Phi) is 4.25. The molecule has 0 aromatic heterocycles. The molecule has 1 atom stereocenters. The van der Waals surface area contributed by atoms with Gasteiger partial charge in [-0.2, -0.15) is 0 Å². The summed E-state index contributed by atoms with van der Waals surface area (Å²) < 4.78 is 14.2. The predicted molar refractivity (Wildman–Crippen MR) is 62.5 cm³/mol. The standard InChI is InChI=1S/C11H15BrFNO/c1-6-8(10(15)5-14-3)4-9(13)7(2)11(6)12/h4,10,14-15H,5H2,1-3H3. The van der Waals surface area contributed by atoms with Gasteiger partial charge in [0.1, 0.15) is 5.82 Å². The predicted octanol–water partition coefficient (Wildman–Crippen LogP) is 2.46. The third-order valence-corrected chi connectivity index (χ3v) is 3.68. The highest BCUT2D eigenvalue weighted by molar-refractivity contribution is 9.10. The molecular weight excluding hydrogens is 261 g/mol. The topological polar surface area (TPSA) is 32.3 Å². The molecule has 0 aliphatic rings. The van der Waals surface area contributed by atoms with Crippen LogP contribution in [0.5, 0.6) is 0 Å². The molecule has 4 heteroatoms. The summed E-state index contributed by atoms with van der Waals surface area (Å²) in [4.78, 5) is 0. The van der Waals surface area contributed by atoms with Crippen LogP contribution in [-0.4, -0.2) is 18.7 Å². The lowest BCUT2D eigenvalue weighted by Crippen LogP contribution is -2.18. The third-order valence-electron chi connectivity index (χ3n) is 2.49. The van der Waals surface area contributed by atoms with Crippen molar-refractivity contribution in [2.45, 2.75) is 20.0 Å². The summed E-state index contributed by atoms with van der Waals surface area (Å²) >= 11 is 3.33. The highest BCUT2D eigenvalue weighted by Gasteiger charge is 2.15. The van der Waals surface area contributed by atoms with Crippen molar-refractivity contribution in [3.63, 3.8) is 0 Å². The second-order valence-corrected chi connectivity index (χ2v) is 4.38. The minimum atomic E-state index is -0.679. The minimum Gasteiger partial charge on any atom is -0.387 e. The van der Waals surface area contributed by atoms with Crippen LogP contribution in [-0.2, 0) is 0 Å². The summed E-state index contributed by atoms with van der Waals surface area (Å²) in [6.07, 6.45) is -0.679. The molecule has 84 valence electrons. The molecule has 0 amide bonds. The molecule has 0 heterocycles. The molecule has 1 unspecified atom stereocenters. The van der Waals surface area contributed by atoms with Gasteiger partial charge in [-0.05, 0) is 43.7 Å². The van der Waals surface area contributed by atoms with Gasteiger partial charge in [0, 0.05) is 11.0 Å².